The van der Waals surface area contributed by atoms with Crippen LogP contribution >= 0.6 is 0 Å². The van der Waals surface area contributed by atoms with Crippen LogP contribution in [0.2, 0.25) is 0 Å². The fourth-order valence-electron chi connectivity index (χ4n) is 3.89. The van der Waals surface area contributed by atoms with E-state index in [0.29, 0.717) is 5.92 Å². The maximum absolute atomic E-state index is 4.90. The molecular formula is C21H25N3. The Labute approximate surface area is 143 Å². The number of para-hydroxylation sites is 1. The smallest absolute Gasteiger partial charge is 0.123 e. The molecule has 0 saturated carbocycles. The highest BCUT2D eigenvalue weighted by Crippen LogP contribution is 2.28. The average Bonchev–Trinajstić information content (AvgIpc) is 2.94. The molecule has 1 aliphatic heterocycles. The average molecular weight is 319 g/mol. The van der Waals surface area contributed by atoms with Gasteiger partial charge in [0, 0.05) is 7.05 Å². The number of aromatic nitrogens is 2. The van der Waals surface area contributed by atoms with E-state index in [1.807, 2.05) is 0 Å². The summed E-state index contributed by atoms with van der Waals surface area (Å²) < 4.78 is 2.26. The zero-order valence-corrected chi connectivity index (χ0v) is 14.6. The minimum atomic E-state index is 0.713. The Morgan fingerprint density at radius 3 is 2.46 bits per heavy atom. The van der Waals surface area contributed by atoms with Gasteiger partial charge in [0.05, 0.1) is 17.6 Å². The van der Waals surface area contributed by atoms with E-state index in [-0.39, 0.29) is 0 Å². The van der Waals surface area contributed by atoms with Crippen molar-refractivity contribution in [1.29, 1.82) is 0 Å². The van der Waals surface area contributed by atoms with Crippen LogP contribution in [0.4, 0.5) is 0 Å². The van der Waals surface area contributed by atoms with Crippen LogP contribution in [0.3, 0.4) is 0 Å². The molecule has 0 bridgehead atoms. The molecule has 2 aromatic carbocycles. The number of nitrogens with zero attached hydrogens (tertiary/aromatic N) is 3. The van der Waals surface area contributed by atoms with Gasteiger partial charge in [0.25, 0.3) is 0 Å². The molecule has 1 aromatic heterocycles. The number of piperidine rings is 1. The molecule has 3 heteroatoms. The van der Waals surface area contributed by atoms with Gasteiger partial charge in [-0.05, 0) is 56.0 Å². The van der Waals surface area contributed by atoms with E-state index in [1.165, 1.54) is 35.3 Å². The van der Waals surface area contributed by atoms with Crippen LogP contribution in [0.5, 0.6) is 0 Å². The second-order valence-electron chi connectivity index (χ2n) is 6.99. The van der Waals surface area contributed by atoms with E-state index < -0.39 is 0 Å². The Balaban J connectivity index is 1.46. The van der Waals surface area contributed by atoms with Gasteiger partial charge in [0.1, 0.15) is 5.82 Å². The van der Waals surface area contributed by atoms with Crippen molar-refractivity contribution in [2.24, 2.45) is 7.05 Å². The van der Waals surface area contributed by atoms with Crippen molar-refractivity contribution >= 4 is 11.0 Å². The van der Waals surface area contributed by atoms with Gasteiger partial charge < -0.3 is 4.57 Å². The minimum Gasteiger partial charge on any atom is -0.330 e. The van der Waals surface area contributed by atoms with Crippen molar-refractivity contribution in [2.45, 2.75) is 32.2 Å². The van der Waals surface area contributed by atoms with Crippen molar-refractivity contribution in [1.82, 2.24) is 14.5 Å². The fourth-order valence-corrected chi connectivity index (χ4v) is 3.89. The molecule has 1 fully saturated rings. The summed E-state index contributed by atoms with van der Waals surface area (Å²) in [5.41, 5.74) is 5.14. The highest BCUT2D eigenvalue weighted by atomic mass is 15.2. The SMILES string of the molecule is Cc1cccc2c1nc(CN1CCC(c3ccccc3)CC1)n2C. The third-order valence-corrected chi connectivity index (χ3v) is 5.43. The summed E-state index contributed by atoms with van der Waals surface area (Å²) in [6.45, 7) is 5.40. The number of aryl methyl sites for hydroxylation is 2. The van der Waals surface area contributed by atoms with Crippen LogP contribution < -0.4 is 0 Å². The normalized spacial score (nSPS) is 16.8. The van der Waals surface area contributed by atoms with Crippen LogP contribution in [0, 0.1) is 6.92 Å². The lowest BCUT2D eigenvalue weighted by atomic mass is 9.89. The van der Waals surface area contributed by atoms with Crippen molar-refractivity contribution in [3.63, 3.8) is 0 Å². The Bertz CT molecular complexity index is 827. The maximum Gasteiger partial charge on any atom is 0.123 e. The summed E-state index contributed by atoms with van der Waals surface area (Å²) >= 11 is 0. The van der Waals surface area contributed by atoms with E-state index in [9.17, 15) is 0 Å². The van der Waals surface area contributed by atoms with Crippen LogP contribution in [-0.4, -0.2) is 27.5 Å². The van der Waals surface area contributed by atoms with Gasteiger partial charge in [0.15, 0.2) is 0 Å². The lowest BCUT2D eigenvalue weighted by molar-refractivity contribution is 0.199. The number of benzene rings is 2. The fraction of sp³-hybridized carbons (Fsp3) is 0.381. The van der Waals surface area contributed by atoms with Crippen LogP contribution in [-0.2, 0) is 13.6 Å². The summed E-state index contributed by atoms with van der Waals surface area (Å²) in [7, 11) is 2.14. The molecule has 3 aromatic rings. The Hall–Kier alpha value is -2.13. The second-order valence-corrected chi connectivity index (χ2v) is 6.99. The molecule has 1 aliphatic rings. The van der Waals surface area contributed by atoms with Gasteiger partial charge in [-0.2, -0.15) is 0 Å². The van der Waals surface area contributed by atoms with Gasteiger partial charge in [-0.3, -0.25) is 4.90 Å². The van der Waals surface area contributed by atoms with E-state index >= 15 is 0 Å². The summed E-state index contributed by atoms with van der Waals surface area (Å²) in [5, 5.41) is 0. The summed E-state index contributed by atoms with van der Waals surface area (Å²) in [6.07, 6.45) is 2.49. The summed E-state index contributed by atoms with van der Waals surface area (Å²) in [5.74, 6) is 1.89. The molecule has 0 spiro atoms. The number of fused-ring (bicyclic) bond motifs is 1. The Morgan fingerprint density at radius 1 is 1.00 bits per heavy atom. The van der Waals surface area contributed by atoms with Gasteiger partial charge in [-0.1, -0.05) is 42.5 Å². The molecule has 0 radical (unpaired) electrons. The van der Waals surface area contributed by atoms with E-state index in [1.54, 1.807) is 0 Å². The first-order chi connectivity index (χ1) is 11.7. The van der Waals surface area contributed by atoms with Crippen molar-refractivity contribution in [3.8, 4) is 0 Å². The van der Waals surface area contributed by atoms with Gasteiger partial charge in [-0.25, -0.2) is 4.98 Å². The van der Waals surface area contributed by atoms with Crippen molar-refractivity contribution in [3.05, 3.63) is 65.5 Å². The Morgan fingerprint density at radius 2 is 1.75 bits per heavy atom. The zero-order chi connectivity index (χ0) is 16.5. The second kappa shape index (κ2) is 6.40. The Kier molecular flexibility index (Phi) is 4.11. The third kappa shape index (κ3) is 2.84. The molecular weight excluding hydrogens is 294 g/mol. The first-order valence-corrected chi connectivity index (χ1v) is 8.90. The van der Waals surface area contributed by atoms with E-state index in [2.05, 4.69) is 72.0 Å². The topological polar surface area (TPSA) is 21.1 Å². The predicted molar refractivity (Wildman–Crippen MR) is 99.1 cm³/mol. The molecule has 3 nitrogen and oxygen atoms in total. The zero-order valence-electron chi connectivity index (χ0n) is 14.6. The van der Waals surface area contributed by atoms with Crippen molar-refractivity contribution < 1.29 is 0 Å². The lowest BCUT2D eigenvalue weighted by Crippen LogP contribution is -2.33. The number of likely N-dealkylation sites (tertiary alicyclic amines) is 1. The number of hydrogen-bond donors (Lipinski definition) is 0. The lowest BCUT2D eigenvalue weighted by Gasteiger charge is -2.31. The van der Waals surface area contributed by atoms with Gasteiger partial charge in [-0.15, -0.1) is 0 Å². The van der Waals surface area contributed by atoms with Crippen LogP contribution in [0.15, 0.2) is 48.5 Å². The molecule has 0 amide bonds. The standard InChI is InChI=1S/C21H25N3/c1-16-7-6-10-19-21(16)22-20(23(19)2)15-24-13-11-18(12-14-24)17-8-4-3-5-9-17/h3-10,18H,11-15H2,1-2H3. The number of imidazole rings is 1. The molecule has 0 N–H and O–H groups in total. The van der Waals surface area contributed by atoms with E-state index in [0.717, 1.165) is 25.2 Å². The molecule has 24 heavy (non-hydrogen) atoms. The molecule has 124 valence electrons. The van der Waals surface area contributed by atoms with Crippen LogP contribution in [0.25, 0.3) is 11.0 Å². The predicted octanol–water partition coefficient (Wildman–Crippen LogP) is 4.26. The van der Waals surface area contributed by atoms with Gasteiger partial charge >= 0.3 is 0 Å². The quantitative estimate of drug-likeness (QED) is 0.719. The first-order valence-electron chi connectivity index (χ1n) is 8.90. The van der Waals surface area contributed by atoms with Crippen molar-refractivity contribution in [2.75, 3.05) is 13.1 Å². The molecule has 1 saturated heterocycles. The minimum absolute atomic E-state index is 0.713. The van der Waals surface area contributed by atoms with E-state index in [4.69, 9.17) is 4.98 Å². The molecule has 4 rings (SSSR count). The molecule has 0 atom stereocenters. The largest absolute Gasteiger partial charge is 0.330 e. The molecule has 0 aliphatic carbocycles. The maximum atomic E-state index is 4.90. The highest BCUT2D eigenvalue weighted by molar-refractivity contribution is 5.79. The molecule has 0 unspecified atom stereocenters. The first kappa shape index (κ1) is 15.4. The number of hydrogen-bond acceptors (Lipinski definition) is 2. The third-order valence-electron chi connectivity index (χ3n) is 5.43. The van der Waals surface area contributed by atoms with Crippen LogP contribution in [0.1, 0.15) is 35.7 Å². The van der Waals surface area contributed by atoms with Gasteiger partial charge in [0.2, 0.25) is 0 Å². The molecule has 2 heterocycles. The summed E-state index contributed by atoms with van der Waals surface area (Å²) in [4.78, 5) is 7.46. The summed E-state index contributed by atoms with van der Waals surface area (Å²) in [6, 6.07) is 17.4. The highest BCUT2D eigenvalue weighted by Gasteiger charge is 2.22. The monoisotopic (exact) mass is 319 g/mol. The number of rotatable bonds is 3.